The van der Waals surface area contributed by atoms with Crippen LogP contribution in [0.1, 0.15) is 24.4 Å². The van der Waals surface area contributed by atoms with Crippen molar-refractivity contribution in [2.75, 3.05) is 33.4 Å². The normalized spacial score (nSPS) is 22.6. The fourth-order valence-corrected chi connectivity index (χ4v) is 3.21. The van der Waals surface area contributed by atoms with Crippen molar-refractivity contribution in [1.29, 1.82) is 0 Å². The van der Waals surface area contributed by atoms with Crippen LogP contribution in [-0.4, -0.2) is 43.4 Å². The van der Waals surface area contributed by atoms with E-state index in [2.05, 4.69) is 11.9 Å². The lowest BCUT2D eigenvalue weighted by Crippen LogP contribution is -2.53. The Kier molecular flexibility index (Phi) is 3.80. The zero-order valence-electron chi connectivity index (χ0n) is 11.9. The Morgan fingerprint density at radius 2 is 2.00 bits per heavy atom. The van der Waals surface area contributed by atoms with E-state index in [1.807, 2.05) is 12.1 Å². The smallest absolute Gasteiger partial charge is 0.123 e. The maximum atomic E-state index is 13.1. The van der Waals surface area contributed by atoms with E-state index in [4.69, 9.17) is 4.74 Å². The summed E-state index contributed by atoms with van der Waals surface area (Å²) in [7, 11) is 2.10. The van der Waals surface area contributed by atoms with Gasteiger partial charge >= 0.3 is 0 Å². The van der Waals surface area contributed by atoms with Gasteiger partial charge in [-0.3, -0.25) is 4.90 Å². The molecule has 4 heteroatoms. The summed E-state index contributed by atoms with van der Waals surface area (Å²) in [4.78, 5) is 2.31. The van der Waals surface area contributed by atoms with Crippen LogP contribution in [0.25, 0.3) is 0 Å². The van der Waals surface area contributed by atoms with Gasteiger partial charge in [0.1, 0.15) is 5.82 Å². The van der Waals surface area contributed by atoms with Crippen LogP contribution in [0.4, 0.5) is 4.39 Å². The average Bonchev–Trinajstić information content (AvgIpc) is 3.21. The van der Waals surface area contributed by atoms with Crippen molar-refractivity contribution in [1.82, 2.24) is 4.90 Å². The van der Waals surface area contributed by atoms with Crippen LogP contribution < -0.4 is 0 Å². The molecule has 20 heavy (non-hydrogen) atoms. The van der Waals surface area contributed by atoms with Crippen LogP contribution in [0.3, 0.4) is 0 Å². The summed E-state index contributed by atoms with van der Waals surface area (Å²) >= 11 is 0. The number of aliphatic hydroxyl groups excluding tert-OH is 1. The van der Waals surface area contributed by atoms with Crippen molar-refractivity contribution in [3.05, 3.63) is 35.6 Å². The molecule has 0 radical (unpaired) electrons. The maximum absolute atomic E-state index is 13.1. The second kappa shape index (κ2) is 5.43. The summed E-state index contributed by atoms with van der Waals surface area (Å²) in [6.07, 6.45) is 2.46. The van der Waals surface area contributed by atoms with Crippen LogP contribution >= 0.6 is 0 Å². The number of rotatable bonds is 6. The highest BCUT2D eigenvalue weighted by atomic mass is 19.1. The van der Waals surface area contributed by atoms with E-state index < -0.39 is 0 Å². The highest BCUT2D eigenvalue weighted by Gasteiger charge is 2.42. The van der Waals surface area contributed by atoms with Gasteiger partial charge in [0, 0.05) is 12.6 Å². The van der Waals surface area contributed by atoms with E-state index in [-0.39, 0.29) is 17.8 Å². The summed E-state index contributed by atoms with van der Waals surface area (Å²) in [5.74, 6) is 0.465. The first-order chi connectivity index (χ1) is 9.63. The molecule has 1 atom stereocenters. The van der Waals surface area contributed by atoms with Gasteiger partial charge in [-0.25, -0.2) is 4.39 Å². The minimum absolute atomic E-state index is 0.109. The molecule has 1 saturated heterocycles. The standard InChI is InChI=1S/C16H22FNO2/c1-18(8-16(9-19)10-20-11-16)15(12-2-3-12)13-4-6-14(17)7-5-13/h4-7,12,15,19H,2-3,8-11H2,1H3. The lowest BCUT2D eigenvalue weighted by molar-refractivity contribution is -0.150. The molecule has 110 valence electrons. The fraction of sp³-hybridized carbons (Fsp3) is 0.625. The lowest BCUT2D eigenvalue weighted by atomic mass is 9.85. The van der Waals surface area contributed by atoms with Crippen molar-refractivity contribution in [2.24, 2.45) is 11.3 Å². The first kappa shape index (κ1) is 14.0. The molecule has 1 unspecified atom stereocenters. The second-order valence-electron chi connectivity index (χ2n) is 6.40. The predicted molar refractivity (Wildman–Crippen MR) is 74.8 cm³/mol. The summed E-state index contributed by atoms with van der Waals surface area (Å²) in [5.41, 5.74) is 1.06. The van der Waals surface area contributed by atoms with Crippen molar-refractivity contribution >= 4 is 0 Å². The van der Waals surface area contributed by atoms with E-state index in [0.717, 1.165) is 6.54 Å². The number of hydrogen-bond donors (Lipinski definition) is 1. The first-order valence-corrected chi connectivity index (χ1v) is 7.28. The largest absolute Gasteiger partial charge is 0.396 e. The van der Waals surface area contributed by atoms with Gasteiger partial charge in [-0.05, 0) is 43.5 Å². The van der Waals surface area contributed by atoms with Gasteiger partial charge in [-0.15, -0.1) is 0 Å². The summed E-state index contributed by atoms with van der Waals surface area (Å²) in [5, 5.41) is 9.57. The average molecular weight is 279 g/mol. The lowest BCUT2D eigenvalue weighted by Gasteiger charge is -2.44. The minimum atomic E-state index is -0.190. The van der Waals surface area contributed by atoms with Gasteiger partial charge in [0.15, 0.2) is 0 Å². The minimum Gasteiger partial charge on any atom is -0.396 e. The number of halogens is 1. The van der Waals surface area contributed by atoms with Crippen LogP contribution in [0, 0.1) is 17.2 Å². The molecule has 0 amide bonds. The zero-order chi connectivity index (χ0) is 14.2. The van der Waals surface area contributed by atoms with Crippen molar-refractivity contribution in [3.63, 3.8) is 0 Å². The molecule has 1 aliphatic carbocycles. The zero-order valence-corrected chi connectivity index (χ0v) is 11.9. The third-order valence-corrected chi connectivity index (χ3v) is 4.49. The summed E-state index contributed by atoms with van der Waals surface area (Å²) in [6, 6.07) is 7.16. The molecule has 0 spiro atoms. The van der Waals surface area contributed by atoms with E-state index in [1.165, 1.54) is 30.5 Å². The Hall–Kier alpha value is -0.970. The van der Waals surface area contributed by atoms with Crippen LogP contribution in [0.2, 0.25) is 0 Å². The molecule has 1 heterocycles. The molecule has 1 aromatic carbocycles. The molecule has 1 N–H and O–H groups in total. The second-order valence-corrected chi connectivity index (χ2v) is 6.40. The third-order valence-electron chi connectivity index (χ3n) is 4.49. The number of aliphatic hydroxyl groups is 1. The molecule has 0 bridgehead atoms. The number of nitrogens with zero attached hydrogens (tertiary/aromatic N) is 1. The van der Waals surface area contributed by atoms with Crippen LogP contribution in [0.15, 0.2) is 24.3 Å². The topological polar surface area (TPSA) is 32.7 Å². The molecule has 0 aromatic heterocycles. The molecular formula is C16H22FNO2. The fourth-order valence-electron chi connectivity index (χ4n) is 3.21. The third kappa shape index (κ3) is 2.73. The molecule has 3 rings (SSSR count). The molecule has 2 fully saturated rings. The summed E-state index contributed by atoms with van der Waals surface area (Å²) in [6.45, 7) is 2.25. The predicted octanol–water partition coefficient (Wildman–Crippen LogP) is 2.22. The van der Waals surface area contributed by atoms with E-state index in [1.54, 1.807) is 0 Å². The maximum Gasteiger partial charge on any atom is 0.123 e. The monoisotopic (exact) mass is 279 g/mol. The number of ether oxygens (including phenoxy) is 1. The van der Waals surface area contributed by atoms with Crippen molar-refractivity contribution in [3.8, 4) is 0 Å². The molecule has 1 saturated carbocycles. The Morgan fingerprint density at radius 1 is 1.35 bits per heavy atom. The molecule has 1 aliphatic heterocycles. The Balaban J connectivity index is 1.74. The number of hydrogen-bond acceptors (Lipinski definition) is 3. The highest BCUT2D eigenvalue weighted by Crippen LogP contribution is 2.45. The van der Waals surface area contributed by atoms with Crippen molar-refractivity contribution < 1.29 is 14.2 Å². The van der Waals surface area contributed by atoms with Gasteiger partial charge in [0.05, 0.1) is 25.2 Å². The SMILES string of the molecule is CN(CC1(CO)COC1)C(c1ccc(F)cc1)C1CC1. The summed E-state index contributed by atoms with van der Waals surface area (Å²) < 4.78 is 18.4. The number of benzene rings is 1. The van der Waals surface area contributed by atoms with Crippen LogP contribution in [-0.2, 0) is 4.74 Å². The van der Waals surface area contributed by atoms with Crippen LogP contribution in [0.5, 0.6) is 0 Å². The molecular weight excluding hydrogens is 257 g/mol. The Bertz CT molecular complexity index is 449. The quantitative estimate of drug-likeness (QED) is 0.866. The van der Waals surface area contributed by atoms with E-state index >= 15 is 0 Å². The highest BCUT2D eigenvalue weighted by molar-refractivity contribution is 5.22. The molecule has 2 aliphatic rings. The molecule has 1 aromatic rings. The van der Waals surface area contributed by atoms with Gasteiger partial charge in [-0.2, -0.15) is 0 Å². The Labute approximate surface area is 119 Å². The van der Waals surface area contributed by atoms with Crippen molar-refractivity contribution in [2.45, 2.75) is 18.9 Å². The van der Waals surface area contributed by atoms with Gasteiger partial charge in [0.2, 0.25) is 0 Å². The molecule has 3 nitrogen and oxygen atoms in total. The van der Waals surface area contributed by atoms with Gasteiger partial charge in [-0.1, -0.05) is 12.1 Å². The van der Waals surface area contributed by atoms with E-state index in [0.29, 0.717) is 25.2 Å². The first-order valence-electron chi connectivity index (χ1n) is 7.28. The van der Waals surface area contributed by atoms with E-state index in [9.17, 15) is 9.50 Å². The van der Waals surface area contributed by atoms with Gasteiger partial charge in [0.25, 0.3) is 0 Å². The Morgan fingerprint density at radius 3 is 2.45 bits per heavy atom. The van der Waals surface area contributed by atoms with Gasteiger partial charge < -0.3 is 9.84 Å².